The molecule has 2 N–H and O–H groups in total. The van der Waals surface area contributed by atoms with Crippen LogP contribution >= 0.6 is 0 Å². The van der Waals surface area contributed by atoms with E-state index in [-0.39, 0.29) is 24.1 Å². The van der Waals surface area contributed by atoms with Gasteiger partial charge in [0.2, 0.25) is 0 Å². The number of nitrogens with one attached hydrogen (secondary N) is 1. The SMILES string of the molecule is CC(C)c1ccoc1C(=O)NCC(Cc1ccccc1)C(=O)O. The van der Waals surface area contributed by atoms with Crippen molar-refractivity contribution in [1.29, 1.82) is 0 Å². The lowest BCUT2D eigenvalue weighted by Gasteiger charge is -2.13. The Hall–Kier alpha value is -2.56. The van der Waals surface area contributed by atoms with Crippen molar-refractivity contribution in [3.05, 3.63) is 59.5 Å². The van der Waals surface area contributed by atoms with Gasteiger partial charge in [-0.15, -0.1) is 0 Å². The maximum absolute atomic E-state index is 12.2. The van der Waals surface area contributed by atoms with Gasteiger partial charge in [-0.1, -0.05) is 44.2 Å². The smallest absolute Gasteiger partial charge is 0.308 e. The summed E-state index contributed by atoms with van der Waals surface area (Å²) in [6.45, 7) is 4.00. The molecular weight excluding hydrogens is 294 g/mol. The molecule has 0 saturated heterocycles. The molecule has 1 atom stereocenters. The van der Waals surface area contributed by atoms with E-state index in [1.165, 1.54) is 6.26 Å². The van der Waals surface area contributed by atoms with Gasteiger partial charge >= 0.3 is 5.97 Å². The van der Waals surface area contributed by atoms with Gasteiger partial charge in [-0.05, 0) is 24.0 Å². The third kappa shape index (κ3) is 4.45. The number of hydrogen-bond acceptors (Lipinski definition) is 3. The Labute approximate surface area is 135 Å². The summed E-state index contributed by atoms with van der Waals surface area (Å²) in [6.07, 6.45) is 1.84. The highest BCUT2D eigenvalue weighted by Gasteiger charge is 2.22. The first-order chi connectivity index (χ1) is 11.0. The van der Waals surface area contributed by atoms with E-state index in [2.05, 4.69) is 5.32 Å². The summed E-state index contributed by atoms with van der Waals surface area (Å²) < 4.78 is 5.24. The zero-order chi connectivity index (χ0) is 16.8. The summed E-state index contributed by atoms with van der Waals surface area (Å²) >= 11 is 0. The van der Waals surface area contributed by atoms with Crippen LogP contribution in [0, 0.1) is 5.92 Å². The van der Waals surface area contributed by atoms with Crippen molar-refractivity contribution < 1.29 is 19.1 Å². The molecule has 5 nitrogen and oxygen atoms in total. The number of rotatable bonds is 7. The average molecular weight is 315 g/mol. The molecule has 0 aliphatic rings. The third-order valence-electron chi connectivity index (χ3n) is 3.71. The van der Waals surface area contributed by atoms with Crippen LogP contribution in [0.15, 0.2) is 47.1 Å². The lowest BCUT2D eigenvalue weighted by atomic mass is 9.99. The molecule has 0 fully saturated rings. The Morgan fingerprint density at radius 1 is 1.17 bits per heavy atom. The van der Waals surface area contributed by atoms with Gasteiger partial charge in [0.15, 0.2) is 5.76 Å². The van der Waals surface area contributed by atoms with Crippen LogP contribution in [0.3, 0.4) is 0 Å². The molecule has 23 heavy (non-hydrogen) atoms. The monoisotopic (exact) mass is 315 g/mol. The Morgan fingerprint density at radius 3 is 2.48 bits per heavy atom. The van der Waals surface area contributed by atoms with Crippen LogP contribution in [0.2, 0.25) is 0 Å². The zero-order valence-electron chi connectivity index (χ0n) is 13.3. The second kappa shape index (κ2) is 7.63. The van der Waals surface area contributed by atoms with Crippen LogP contribution in [-0.4, -0.2) is 23.5 Å². The third-order valence-corrected chi connectivity index (χ3v) is 3.71. The first kappa shape index (κ1) is 16.8. The predicted molar refractivity (Wildman–Crippen MR) is 86.4 cm³/mol. The molecule has 1 amide bonds. The number of carboxylic acids is 1. The van der Waals surface area contributed by atoms with Crippen molar-refractivity contribution in [2.24, 2.45) is 5.92 Å². The van der Waals surface area contributed by atoms with Crippen molar-refractivity contribution >= 4 is 11.9 Å². The highest BCUT2D eigenvalue weighted by atomic mass is 16.4. The molecule has 1 aromatic carbocycles. The molecule has 0 bridgehead atoms. The molecule has 1 aromatic heterocycles. The van der Waals surface area contributed by atoms with E-state index in [1.54, 1.807) is 6.07 Å². The van der Waals surface area contributed by atoms with Crippen molar-refractivity contribution in [3.63, 3.8) is 0 Å². The predicted octanol–water partition coefficient (Wildman–Crippen LogP) is 3.08. The Morgan fingerprint density at radius 2 is 1.87 bits per heavy atom. The van der Waals surface area contributed by atoms with Gasteiger partial charge in [0, 0.05) is 12.1 Å². The largest absolute Gasteiger partial charge is 0.481 e. The molecule has 0 spiro atoms. The van der Waals surface area contributed by atoms with Gasteiger partial charge in [0.05, 0.1) is 12.2 Å². The van der Waals surface area contributed by atoms with E-state index in [4.69, 9.17) is 4.42 Å². The van der Waals surface area contributed by atoms with E-state index in [9.17, 15) is 14.7 Å². The van der Waals surface area contributed by atoms with Gasteiger partial charge in [-0.3, -0.25) is 9.59 Å². The standard InChI is InChI=1S/C18H21NO4/c1-12(2)15-8-9-23-16(15)17(20)19-11-14(18(21)22)10-13-6-4-3-5-7-13/h3-9,12,14H,10-11H2,1-2H3,(H,19,20)(H,21,22). The average Bonchev–Trinajstić information content (AvgIpc) is 3.01. The number of carboxylic acid groups (broad SMARTS) is 1. The lowest BCUT2D eigenvalue weighted by molar-refractivity contribution is -0.141. The maximum atomic E-state index is 12.2. The summed E-state index contributed by atoms with van der Waals surface area (Å²) in [5, 5.41) is 12.0. The van der Waals surface area contributed by atoms with Crippen LogP contribution in [0.25, 0.3) is 0 Å². The quantitative estimate of drug-likeness (QED) is 0.823. The number of aliphatic carboxylic acids is 1. The van der Waals surface area contributed by atoms with Crippen LogP contribution in [0.1, 0.15) is 41.4 Å². The summed E-state index contributed by atoms with van der Waals surface area (Å²) in [5.41, 5.74) is 1.74. The second-order valence-electron chi connectivity index (χ2n) is 5.79. The molecule has 0 aliphatic heterocycles. The fourth-order valence-corrected chi connectivity index (χ4v) is 2.40. The van der Waals surface area contributed by atoms with Gasteiger partial charge in [-0.25, -0.2) is 0 Å². The van der Waals surface area contributed by atoms with Crippen molar-refractivity contribution in [1.82, 2.24) is 5.32 Å². The zero-order valence-corrected chi connectivity index (χ0v) is 13.3. The van der Waals surface area contributed by atoms with Crippen molar-refractivity contribution in [3.8, 4) is 0 Å². The summed E-state index contributed by atoms with van der Waals surface area (Å²) in [6, 6.07) is 11.1. The van der Waals surface area contributed by atoms with E-state index in [1.807, 2.05) is 44.2 Å². The lowest BCUT2D eigenvalue weighted by Crippen LogP contribution is -2.34. The summed E-state index contributed by atoms with van der Waals surface area (Å²) in [4.78, 5) is 23.6. The number of hydrogen-bond donors (Lipinski definition) is 2. The number of carbonyl (C=O) groups is 2. The van der Waals surface area contributed by atoms with Crippen LogP contribution in [0.5, 0.6) is 0 Å². The van der Waals surface area contributed by atoms with Crippen molar-refractivity contribution in [2.75, 3.05) is 6.54 Å². The molecule has 0 radical (unpaired) electrons. The minimum absolute atomic E-state index is 0.0568. The van der Waals surface area contributed by atoms with Gasteiger partial charge < -0.3 is 14.8 Å². The van der Waals surface area contributed by atoms with E-state index >= 15 is 0 Å². The van der Waals surface area contributed by atoms with E-state index in [0.717, 1.165) is 11.1 Å². The first-order valence-electron chi connectivity index (χ1n) is 7.61. The molecule has 1 heterocycles. The fourth-order valence-electron chi connectivity index (χ4n) is 2.40. The number of amides is 1. The van der Waals surface area contributed by atoms with Crippen molar-refractivity contribution in [2.45, 2.75) is 26.2 Å². The minimum Gasteiger partial charge on any atom is -0.481 e. The number of carbonyl (C=O) groups excluding carboxylic acids is 1. The maximum Gasteiger partial charge on any atom is 0.308 e. The molecule has 1 unspecified atom stereocenters. The second-order valence-corrected chi connectivity index (χ2v) is 5.79. The normalized spacial score (nSPS) is 12.1. The van der Waals surface area contributed by atoms with Crippen LogP contribution < -0.4 is 5.32 Å². The molecule has 0 aliphatic carbocycles. The van der Waals surface area contributed by atoms with Crippen LogP contribution in [-0.2, 0) is 11.2 Å². The first-order valence-corrected chi connectivity index (χ1v) is 7.61. The Bertz CT molecular complexity index is 661. The summed E-state index contributed by atoms with van der Waals surface area (Å²) in [7, 11) is 0. The molecule has 5 heteroatoms. The van der Waals surface area contributed by atoms with E-state index < -0.39 is 11.9 Å². The van der Waals surface area contributed by atoms with Gasteiger partial charge in [0.25, 0.3) is 5.91 Å². The van der Waals surface area contributed by atoms with Gasteiger partial charge in [-0.2, -0.15) is 0 Å². The minimum atomic E-state index is -0.933. The topological polar surface area (TPSA) is 79.5 Å². The number of benzene rings is 1. The molecule has 2 aromatic rings. The highest BCUT2D eigenvalue weighted by molar-refractivity contribution is 5.93. The van der Waals surface area contributed by atoms with E-state index in [0.29, 0.717) is 6.42 Å². The van der Waals surface area contributed by atoms with Gasteiger partial charge in [0.1, 0.15) is 0 Å². The fraction of sp³-hybridized carbons (Fsp3) is 0.333. The molecule has 0 saturated carbocycles. The molecule has 2 rings (SSSR count). The molecule has 122 valence electrons. The number of furan rings is 1. The summed E-state index contributed by atoms with van der Waals surface area (Å²) in [5.74, 6) is -1.58. The molecular formula is C18H21NO4. The Balaban J connectivity index is 2.00. The van der Waals surface area contributed by atoms with Crippen LogP contribution in [0.4, 0.5) is 0 Å². The Kier molecular flexibility index (Phi) is 5.57. The highest BCUT2D eigenvalue weighted by Crippen LogP contribution is 2.20.